The van der Waals surface area contributed by atoms with Gasteiger partial charge in [0.05, 0.1) is 6.20 Å². The van der Waals surface area contributed by atoms with E-state index in [0.29, 0.717) is 12.4 Å². The van der Waals surface area contributed by atoms with Crippen LogP contribution in [-0.4, -0.2) is 15.1 Å². The SMILES string of the molecule is Cc1cc(NCc2ccc(Oc3cnccn3)cc2)no1. The first kappa shape index (κ1) is 13.1. The molecule has 2 heterocycles. The van der Waals surface area contributed by atoms with E-state index in [-0.39, 0.29) is 0 Å². The molecule has 1 aromatic carbocycles. The molecule has 106 valence electrons. The molecule has 0 saturated carbocycles. The highest BCUT2D eigenvalue weighted by molar-refractivity contribution is 5.36. The van der Waals surface area contributed by atoms with Crippen molar-refractivity contribution in [1.29, 1.82) is 0 Å². The van der Waals surface area contributed by atoms with Crippen molar-refractivity contribution in [3.63, 3.8) is 0 Å². The molecular formula is C15H14N4O2. The number of benzene rings is 1. The lowest BCUT2D eigenvalue weighted by Crippen LogP contribution is -1.99. The van der Waals surface area contributed by atoms with E-state index in [1.54, 1.807) is 18.6 Å². The summed E-state index contributed by atoms with van der Waals surface area (Å²) < 4.78 is 10.6. The van der Waals surface area contributed by atoms with Crippen LogP contribution in [0.25, 0.3) is 0 Å². The van der Waals surface area contributed by atoms with Gasteiger partial charge in [0.1, 0.15) is 11.5 Å². The third-order valence-electron chi connectivity index (χ3n) is 2.79. The predicted octanol–water partition coefficient (Wildman–Crippen LogP) is 3.18. The Morgan fingerprint density at radius 1 is 1.19 bits per heavy atom. The second-order valence-corrected chi connectivity index (χ2v) is 4.47. The Morgan fingerprint density at radius 2 is 2.05 bits per heavy atom. The molecule has 0 aliphatic carbocycles. The number of ether oxygens (including phenoxy) is 1. The van der Waals surface area contributed by atoms with Crippen LogP contribution in [0.2, 0.25) is 0 Å². The van der Waals surface area contributed by atoms with Crippen molar-refractivity contribution in [3.8, 4) is 11.6 Å². The van der Waals surface area contributed by atoms with E-state index in [0.717, 1.165) is 22.9 Å². The first-order valence-corrected chi connectivity index (χ1v) is 6.49. The first-order valence-electron chi connectivity index (χ1n) is 6.49. The zero-order valence-corrected chi connectivity index (χ0v) is 11.5. The molecule has 0 aliphatic rings. The van der Waals surface area contributed by atoms with Gasteiger partial charge in [-0.05, 0) is 24.6 Å². The maximum atomic E-state index is 5.58. The smallest absolute Gasteiger partial charge is 0.237 e. The first-order chi connectivity index (χ1) is 10.3. The van der Waals surface area contributed by atoms with E-state index >= 15 is 0 Å². The molecule has 0 amide bonds. The van der Waals surface area contributed by atoms with Crippen molar-refractivity contribution in [3.05, 3.63) is 60.2 Å². The fourth-order valence-corrected chi connectivity index (χ4v) is 1.78. The Bertz CT molecular complexity index is 695. The molecule has 21 heavy (non-hydrogen) atoms. The van der Waals surface area contributed by atoms with Gasteiger partial charge in [-0.25, -0.2) is 4.98 Å². The number of nitrogens with one attached hydrogen (secondary N) is 1. The van der Waals surface area contributed by atoms with Crippen molar-refractivity contribution in [2.75, 3.05) is 5.32 Å². The number of hydrogen-bond acceptors (Lipinski definition) is 6. The zero-order chi connectivity index (χ0) is 14.5. The van der Waals surface area contributed by atoms with Crippen molar-refractivity contribution >= 4 is 5.82 Å². The summed E-state index contributed by atoms with van der Waals surface area (Å²) in [6, 6.07) is 9.59. The number of anilines is 1. The largest absolute Gasteiger partial charge is 0.438 e. The number of hydrogen-bond donors (Lipinski definition) is 1. The van der Waals surface area contributed by atoms with Gasteiger partial charge in [0.2, 0.25) is 5.88 Å². The summed E-state index contributed by atoms with van der Waals surface area (Å²) in [5.41, 5.74) is 1.11. The highest BCUT2D eigenvalue weighted by Gasteiger charge is 2.01. The third-order valence-corrected chi connectivity index (χ3v) is 2.79. The van der Waals surface area contributed by atoms with E-state index in [2.05, 4.69) is 20.4 Å². The second kappa shape index (κ2) is 6.04. The van der Waals surface area contributed by atoms with Crippen LogP contribution < -0.4 is 10.1 Å². The van der Waals surface area contributed by atoms with Crippen molar-refractivity contribution in [1.82, 2.24) is 15.1 Å². The van der Waals surface area contributed by atoms with Gasteiger partial charge in [0, 0.05) is 25.0 Å². The van der Waals surface area contributed by atoms with Gasteiger partial charge in [-0.15, -0.1) is 0 Å². The third kappa shape index (κ3) is 3.56. The van der Waals surface area contributed by atoms with E-state index in [1.807, 2.05) is 37.3 Å². The zero-order valence-electron chi connectivity index (χ0n) is 11.5. The van der Waals surface area contributed by atoms with Crippen LogP contribution in [0.1, 0.15) is 11.3 Å². The Hall–Kier alpha value is -2.89. The molecule has 0 fully saturated rings. The summed E-state index contributed by atoms with van der Waals surface area (Å²) in [4.78, 5) is 8.01. The van der Waals surface area contributed by atoms with Crippen LogP contribution in [0.3, 0.4) is 0 Å². The van der Waals surface area contributed by atoms with E-state index < -0.39 is 0 Å². The fraction of sp³-hybridized carbons (Fsp3) is 0.133. The molecule has 0 spiro atoms. The van der Waals surface area contributed by atoms with Crippen LogP contribution in [-0.2, 0) is 6.54 Å². The minimum absolute atomic E-state index is 0.474. The number of nitrogens with zero attached hydrogens (tertiary/aromatic N) is 3. The summed E-state index contributed by atoms with van der Waals surface area (Å²) >= 11 is 0. The lowest BCUT2D eigenvalue weighted by atomic mass is 10.2. The molecule has 6 heteroatoms. The molecule has 2 aromatic heterocycles. The minimum Gasteiger partial charge on any atom is -0.438 e. The van der Waals surface area contributed by atoms with Crippen molar-refractivity contribution in [2.24, 2.45) is 0 Å². The maximum Gasteiger partial charge on any atom is 0.237 e. The quantitative estimate of drug-likeness (QED) is 0.774. The molecule has 0 saturated heterocycles. The molecule has 0 atom stereocenters. The summed E-state index contributed by atoms with van der Waals surface area (Å²) in [6.45, 7) is 2.52. The summed E-state index contributed by atoms with van der Waals surface area (Å²) in [7, 11) is 0. The highest BCUT2D eigenvalue weighted by atomic mass is 16.5. The van der Waals surface area contributed by atoms with Gasteiger partial charge in [-0.3, -0.25) is 4.98 Å². The van der Waals surface area contributed by atoms with Crippen molar-refractivity contribution in [2.45, 2.75) is 13.5 Å². The molecule has 0 bridgehead atoms. The van der Waals surface area contributed by atoms with Gasteiger partial charge in [0.25, 0.3) is 0 Å². The molecule has 0 unspecified atom stereocenters. The molecule has 3 rings (SSSR count). The second-order valence-electron chi connectivity index (χ2n) is 4.47. The Labute approximate surface area is 121 Å². The van der Waals surface area contributed by atoms with Crippen LogP contribution in [0.5, 0.6) is 11.6 Å². The van der Waals surface area contributed by atoms with Gasteiger partial charge in [0.15, 0.2) is 5.82 Å². The molecular weight excluding hydrogens is 268 g/mol. The summed E-state index contributed by atoms with van der Waals surface area (Å²) in [5, 5.41) is 7.06. The van der Waals surface area contributed by atoms with Crippen LogP contribution >= 0.6 is 0 Å². The van der Waals surface area contributed by atoms with E-state index in [9.17, 15) is 0 Å². The van der Waals surface area contributed by atoms with Gasteiger partial charge < -0.3 is 14.6 Å². The van der Waals surface area contributed by atoms with Crippen LogP contribution in [0.15, 0.2) is 53.4 Å². The molecule has 0 radical (unpaired) electrons. The maximum absolute atomic E-state index is 5.58. The lowest BCUT2D eigenvalue weighted by Gasteiger charge is -2.06. The van der Waals surface area contributed by atoms with Crippen LogP contribution in [0.4, 0.5) is 5.82 Å². The topological polar surface area (TPSA) is 73.1 Å². The van der Waals surface area contributed by atoms with Crippen LogP contribution in [0, 0.1) is 6.92 Å². The standard InChI is InChI=1S/C15H14N4O2/c1-11-8-14(19-21-11)18-9-12-2-4-13(5-3-12)20-15-10-16-6-7-17-15/h2-8,10H,9H2,1H3,(H,18,19). The minimum atomic E-state index is 0.474. The Balaban J connectivity index is 1.59. The number of aromatic nitrogens is 3. The molecule has 1 N–H and O–H groups in total. The normalized spacial score (nSPS) is 10.3. The summed E-state index contributed by atoms with van der Waals surface area (Å²) in [6.07, 6.45) is 4.77. The highest BCUT2D eigenvalue weighted by Crippen LogP contribution is 2.19. The monoisotopic (exact) mass is 282 g/mol. The molecule has 6 nitrogen and oxygen atoms in total. The summed E-state index contributed by atoms with van der Waals surface area (Å²) in [5.74, 6) is 2.70. The van der Waals surface area contributed by atoms with Crippen molar-refractivity contribution < 1.29 is 9.26 Å². The molecule has 0 aliphatic heterocycles. The van der Waals surface area contributed by atoms with Gasteiger partial charge in [-0.1, -0.05) is 17.3 Å². The Morgan fingerprint density at radius 3 is 2.71 bits per heavy atom. The number of rotatable bonds is 5. The lowest BCUT2D eigenvalue weighted by molar-refractivity contribution is 0.399. The Kier molecular flexibility index (Phi) is 3.77. The average Bonchev–Trinajstić information content (AvgIpc) is 2.93. The van der Waals surface area contributed by atoms with E-state index in [4.69, 9.17) is 9.26 Å². The molecule has 3 aromatic rings. The van der Waals surface area contributed by atoms with E-state index in [1.165, 1.54) is 0 Å². The number of aryl methyl sites for hydroxylation is 1. The average molecular weight is 282 g/mol. The predicted molar refractivity (Wildman–Crippen MR) is 77.1 cm³/mol. The fourth-order valence-electron chi connectivity index (χ4n) is 1.78. The van der Waals surface area contributed by atoms with Gasteiger partial charge >= 0.3 is 0 Å². The van der Waals surface area contributed by atoms with Gasteiger partial charge in [-0.2, -0.15) is 0 Å².